The van der Waals surface area contributed by atoms with Crippen LogP contribution in [-0.2, 0) is 0 Å². The summed E-state index contributed by atoms with van der Waals surface area (Å²) in [4.78, 5) is 0. The zero-order valence-corrected chi connectivity index (χ0v) is 11.6. The van der Waals surface area contributed by atoms with Crippen LogP contribution in [0.4, 0.5) is 15.8 Å². The highest BCUT2D eigenvalue weighted by atomic mass is 127. The van der Waals surface area contributed by atoms with Gasteiger partial charge in [-0.2, -0.15) is 0 Å². The summed E-state index contributed by atoms with van der Waals surface area (Å²) in [5, 5.41) is 6.74. The Bertz CT molecular complexity index is 393. The van der Waals surface area contributed by atoms with E-state index in [-0.39, 0.29) is 5.82 Å². The Hall–Kier alpha value is -0.520. The highest BCUT2D eigenvalue weighted by Crippen LogP contribution is 2.30. The van der Waals surface area contributed by atoms with Gasteiger partial charge in [0.05, 0.1) is 14.9 Å². The van der Waals surface area contributed by atoms with Crippen molar-refractivity contribution in [3.05, 3.63) is 21.5 Å². The summed E-state index contributed by atoms with van der Waals surface area (Å²) in [5.74, 6) is 0.494. The van der Waals surface area contributed by atoms with Crippen molar-refractivity contribution in [1.82, 2.24) is 0 Å². The van der Waals surface area contributed by atoms with Crippen molar-refractivity contribution < 1.29 is 4.39 Å². The molecule has 1 aliphatic rings. The van der Waals surface area contributed by atoms with Crippen molar-refractivity contribution in [3.63, 3.8) is 0 Å². The van der Waals surface area contributed by atoms with Gasteiger partial charge in [0.2, 0.25) is 0 Å². The largest absolute Gasteiger partial charge is 0.381 e. The van der Waals surface area contributed by atoms with Gasteiger partial charge in [0, 0.05) is 18.7 Å². The molecule has 2 N–H and O–H groups in total. The van der Waals surface area contributed by atoms with Gasteiger partial charge in [-0.05, 0) is 41.0 Å². The Balaban J connectivity index is 2.17. The number of hydrogen-bond donors (Lipinski definition) is 2. The van der Waals surface area contributed by atoms with E-state index in [1.165, 1.54) is 0 Å². The highest BCUT2D eigenvalue weighted by molar-refractivity contribution is 14.1. The molecule has 0 bridgehead atoms. The first-order chi connectivity index (χ1) is 7.56. The van der Waals surface area contributed by atoms with E-state index in [1.807, 2.05) is 28.7 Å². The number of hydrogen-bond acceptors (Lipinski definition) is 2. The quantitative estimate of drug-likeness (QED) is 0.807. The first-order valence-electron chi connectivity index (χ1n) is 5.55. The molecule has 4 heteroatoms. The predicted octanol–water partition coefficient (Wildman–Crippen LogP) is 3.68. The minimum Gasteiger partial charge on any atom is -0.381 e. The van der Waals surface area contributed by atoms with E-state index in [9.17, 15) is 4.39 Å². The van der Waals surface area contributed by atoms with Gasteiger partial charge < -0.3 is 10.6 Å². The molecule has 1 aromatic rings. The van der Waals surface area contributed by atoms with E-state index in [4.69, 9.17) is 0 Å². The maximum atomic E-state index is 13.4. The maximum absolute atomic E-state index is 13.4. The number of halogens is 2. The second kappa shape index (κ2) is 4.77. The minimum absolute atomic E-state index is 0.154. The molecule has 1 aliphatic heterocycles. The Kier molecular flexibility index (Phi) is 3.56. The Morgan fingerprint density at radius 1 is 1.44 bits per heavy atom. The van der Waals surface area contributed by atoms with E-state index < -0.39 is 0 Å². The fourth-order valence-corrected chi connectivity index (χ4v) is 2.50. The van der Waals surface area contributed by atoms with Crippen molar-refractivity contribution in [3.8, 4) is 0 Å². The fraction of sp³-hybridized carbons (Fsp3) is 0.500. The average molecular weight is 334 g/mol. The van der Waals surface area contributed by atoms with Gasteiger partial charge in [-0.3, -0.25) is 0 Å². The molecule has 0 aromatic heterocycles. The summed E-state index contributed by atoms with van der Waals surface area (Å²) in [5.41, 5.74) is 1.89. The lowest BCUT2D eigenvalue weighted by molar-refractivity contribution is 0.524. The van der Waals surface area contributed by atoms with Gasteiger partial charge >= 0.3 is 0 Å². The maximum Gasteiger partial charge on any atom is 0.138 e. The molecule has 0 saturated heterocycles. The summed E-state index contributed by atoms with van der Waals surface area (Å²) >= 11 is 2.01. The zero-order valence-electron chi connectivity index (χ0n) is 9.48. The van der Waals surface area contributed by atoms with Crippen LogP contribution in [0.25, 0.3) is 0 Å². The molecule has 0 radical (unpaired) electrons. The number of rotatable bonds is 2. The van der Waals surface area contributed by atoms with E-state index >= 15 is 0 Å². The van der Waals surface area contributed by atoms with Crippen LogP contribution in [0.15, 0.2) is 12.1 Å². The third-order valence-electron chi connectivity index (χ3n) is 2.71. The molecule has 88 valence electrons. The van der Waals surface area contributed by atoms with Gasteiger partial charge in [0.15, 0.2) is 0 Å². The number of nitrogens with one attached hydrogen (secondary N) is 2. The fourth-order valence-electron chi connectivity index (χ4n) is 2.03. The summed E-state index contributed by atoms with van der Waals surface area (Å²) in [6.45, 7) is 5.31. The Morgan fingerprint density at radius 3 is 2.88 bits per heavy atom. The molecule has 0 fully saturated rings. The normalized spacial score (nSPS) is 18.9. The van der Waals surface area contributed by atoms with Gasteiger partial charge in [-0.15, -0.1) is 0 Å². The lowest BCUT2D eigenvalue weighted by Gasteiger charge is -2.29. The molecule has 0 saturated carbocycles. The molecule has 2 rings (SSSR count). The van der Waals surface area contributed by atoms with Crippen LogP contribution >= 0.6 is 22.6 Å². The third-order valence-corrected chi connectivity index (χ3v) is 3.54. The minimum atomic E-state index is -0.154. The van der Waals surface area contributed by atoms with Gasteiger partial charge in [-0.25, -0.2) is 4.39 Å². The molecule has 2 nitrogen and oxygen atoms in total. The van der Waals surface area contributed by atoms with E-state index in [1.54, 1.807) is 6.07 Å². The van der Waals surface area contributed by atoms with E-state index in [2.05, 4.69) is 24.5 Å². The van der Waals surface area contributed by atoms with Crippen LogP contribution in [-0.4, -0.2) is 12.6 Å². The Morgan fingerprint density at radius 2 is 2.19 bits per heavy atom. The Labute approximate surface area is 109 Å². The van der Waals surface area contributed by atoms with Crippen molar-refractivity contribution in [2.45, 2.75) is 26.3 Å². The molecule has 1 atom stereocenters. The lowest BCUT2D eigenvalue weighted by atomic mass is 10.0. The van der Waals surface area contributed by atoms with Crippen LogP contribution in [0.2, 0.25) is 0 Å². The predicted molar refractivity (Wildman–Crippen MR) is 74.5 cm³/mol. The van der Waals surface area contributed by atoms with Crippen LogP contribution in [0.5, 0.6) is 0 Å². The highest BCUT2D eigenvalue weighted by Gasteiger charge is 2.19. The SMILES string of the molecule is CC(C)CC1CNc2cc(I)c(F)cc2N1. The second-order valence-corrected chi connectivity index (χ2v) is 5.83. The van der Waals surface area contributed by atoms with Crippen LogP contribution in [0, 0.1) is 15.3 Å². The van der Waals surface area contributed by atoms with Crippen LogP contribution in [0.1, 0.15) is 20.3 Å². The molecule has 0 aliphatic carbocycles. The molecule has 1 heterocycles. The average Bonchev–Trinajstić information content (AvgIpc) is 2.19. The molecule has 1 unspecified atom stereocenters. The van der Waals surface area contributed by atoms with Crippen molar-refractivity contribution in [2.75, 3.05) is 17.2 Å². The summed E-state index contributed by atoms with van der Waals surface area (Å²) in [7, 11) is 0. The monoisotopic (exact) mass is 334 g/mol. The van der Waals surface area contributed by atoms with E-state index in [0.29, 0.717) is 15.5 Å². The number of anilines is 2. The lowest BCUT2D eigenvalue weighted by Crippen LogP contribution is -2.34. The molecular weight excluding hydrogens is 318 g/mol. The van der Waals surface area contributed by atoms with Crippen LogP contribution in [0.3, 0.4) is 0 Å². The first kappa shape index (κ1) is 12.0. The molecule has 1 aromatic carbocycles. The zero-order chi connectivity index (χ0) is 11.7. The van der Waals surface area contributed by atoms with E-state index in [0.717, 1.165) is 24.3 Å². The van der Waals surface area contributed by atoms with Gasteiger partial charge in [0.25, 0.3) is 0 Å². The standard InChI is InChI=1S/C12H16FIN2/c1-7(2)3-8-6-15-11-5-10(14)9(13)4-12(11)16-8/h4-5,7-8,15-16H,3,6H2,1-2H3. The van der Waals surface area contributed by atoms with Gasteiger partial charge in [0.1, 0.15) is 5.82 Å². The first-order valence-corrected chi connectivity index (χ1v) is 6.63. The van der Waals surface area contributed by atoms with Gasteiger partial charge in [-0.1, -0.05) is 13.8 Å². The number of benzene rings is 1. The topological polar surface area (TPSA) is 24.1 Å². The second-order valence-electron chi connectivity index (χ2n) is 4.66. The number of fused-ring (bicyclic) bond motifs is 1. The molecular formula is C12H16FIN2. The molecule has 16 heavy (non-hydrogen) atoms. The summed E-state index contributed by atoms with van der Waals surface area (Å²) in [6, 6.07) is 3.83. The van der Waals surface area contributed by atoms with Crippen molar-refractivity contribution >= 4 is 34.0 Å². The van der Waals surface area contributed by atoms with Crippen molar-refractivity contribution in [1.29, 1.82) is 0 Å². The molecule has 0 spiro atoms. The third kappa shape index (κ3) is 2.59. The molecule has 0 amide bonds. The van der Waals surface area contributed by atoms with Crippen molar-refractivity contribution in [2.24, 2.45) is 5.92 Å². The summed E-state index contributed by atoms with van der Waals surface area (Å²) < 4.78 is 14.1. The summed E-state index contributed by atoms with van der Waals surface area (Å²) in [6.07, 6.45) is 1.10. The van der Waals surface area contributed by atoms with Crippen LogP contribution < -0.4 is 10.6 Å². The smallest absolute Gasteiger partial charge is 0.138 e.